The number of benzene rings is 2. The largest absolute Gasteiger partial charge is 0.289 e. The molecule has 0 bridgehead atoms. The van der Waals surface area contributed by atoms with Crippen LogP contribution in [0.3, 0.4) is 0 Å². The van der Waals surface area contributed by atoms with Gasteiger partial charge in [0.25, 0.3) is 5.69 Å². The Morgan fingerprint density at radius 2 is 1.60 bits per heavy atom. The lowest BCUT2D eigenvalue weighted by Crippen LogP contribution is -2.27. The summed E-state index contributed by atoms with van der Waals surface area (Å²) < 4.78 is 27.6. The predicted molar refractivity (Wildman–Crippen MR) is 97.0 cm³/mol. The molecule has 1 N–H and O–H groups in total. The molecule has 6 nitrogen and oxygen atoms in total. The van der Waals surface area contributed by atoms with Crippen LogP contribution in [0, 0.1) is 10.1 Å². The van der Waals surface area contributed by atoms with Crippen LogP contribution in [0.1, 0.15) is 44.9 Å². The molecule has 0 aliphatic rings. The van der Waals surface area contributed by atoms with Gasteiger partial charge in [-0.1, -0.05) is 57.2 Å². The first-order chi connectivity index (χ1) is 11.5. The molecule has 0 radical (unpaired) electrons. The summed E-state index contributed by atoms with van der Waals surface area (Å²) in [6.07, 6.45) is 0. The van der Waals surface area contributed by atoms with Crippen molar-refractivity contribution in [3.63, 3.8) is 0 Å². The topological polar surface area (TPSA) is 89.3 Å². The van der Waals surface area contributed by atoms with Gasteiger partial charge >= 0.3 is 0 Å². The van der Waals surface area contributed by atoms with Crippen molar-refractivity contribution in [2.45, 2.75) is 44.0 Å². The van der Waals surface area contributed by atoms with Crippen molar-refractivity contribution in [1.29, 1.82) is 0 Å². The number of nitro benzene ring substituents is 1. The second-order valence-corrected chi connectivity index (χ2v) is 8.62. The van der Waals surface area contributed by atoms with Crippen LogP contribution in [-0.2, 0) is 15.4 Å². The Morgan fingerprint density at radius 1 is 1.04 bits per heavy atom. The fourth-order valence-electron chi connectivity index (χ4n) is 2.47. The van der Waals surface area contributed by atoms with E-state index in [4.69, 9.17) is 0 Å². The standard InChI is InChI=1S/C18H22N2O4S/c1-13(14-9-11-15(12-10-14)18(2,3)4)19-25(23,24)17-8-6-5-7-16(17)20(21)22/h5-13,19H,1-4H3/t13-/m1/s1. The summed E-state index contributed by atoms with van der Waals surface area (Å²) in [5, 5.41) is 11.1. The summed E-state index contributed by atoms with van der Waals surface area (Å²) in [6.45, 7) is 8.01. The van der Waals surface area contributed by atoms with Crippen LogP contribution in [0.25, 0.3) is 0 Å². The minimum absolute atomic E-state index is 0.00588. The van der Waals surface area contributed by atoms with E-state index >= 15 is 0 Å². The van der Waals surface area contributed by atoms with E-state index < -0.39 is 26.7 Å². The van der Waals surface area contributed by atoms with Gasteiger partial charge in [-0.25, -0.2) is 13.1 Å². The van der Waals surface area contributed by atoms with E-state index in [1.54, 1.807) is 6.92 Å². The normalized spacial score (nSPS) is 13.4. The molecule has 2 aromatic rings. The Hall–Kier alpha value is -2.25. The van der Waals surface area contributed by atoms with Gasteiger partial charge in [-0.2, -0.15) is 0 Å². The molecule has 2 aromatic carbocycles. The second-order valence-electron chi connectivity index (χ2n) is 6.94. The number of hydrogen-bond acceptors (Lipinski definition) is 4. The van der Waals surface area contributed by atoms with E-state index in [1.165, 1.54) is 24.3 Å². The summed E-state index contributed by atoms with van der Waals surface area (Å²) in [7, 11) is -4.01. The number of nitrogens with one attached hydrogen (secondary N) is 1. The van der Waals surface area contributed by atoms with Gasteiger partial charge in [0.2, 0.25) is 10.0 Å². The van der Waals surface area contributed by atoms with Gasteiger partial charge in [0.05, 0.1) is 4.92 Å². The molecular formula is C18H22N2O4S. The van der Waals surface area contributed by atoms with Crippen LogP contribution in [0.15, 0.2) is 53.4 Å². The average Bonchev–Trinajstić information content (AvgIpc) is 2.53. The van der Waals surface area contributed by atoms with Crippen molar-refractivity contribution in [1.82, 2.24) is 4.72 Å². The van der Waals surface area contributed by atoms with Crippen LogP contribution in [0.5, 0.6) is 0 Å². The van der Waals surface area contributed by atoms with Gasteiger partial charge in [-0.05, 0) is 29.5 Å². The van der Waals surface area contributed by atoms with E-state index in [1.807, 2.05) is 24.3 Å². The van der Waals surface area contributed by atoms with Crippen LogP contribution in [0.2, 0.25) is 0 Å². The summed E-state index contributed by atoms with van der Waals surface area (Å²) in [4.78, 5) is 10.0. The van der Waals surface area contributed by atoms with Gasteiger partial charge in [0.1, 0.15) is 0 Å². The fourth-order valence-corrected chi connectivity index (χ4v) is 3.88. The molecule has 0 aliphatic carbocycles. The Kier molecular flexibility index (Phi) is 5.29. The van der Waals surface area contributed by atoms with Crippen molar-refractivity contribution < 1.29 is 13.3 Å². The van der Waals surface area contributed by atoms with Crippen molar-refractivity contribution in [3.8, 4) is 0 Å². The highest BCUT2D eigenvalue weighted by Gasteiger charge is 2.27. The molecule has 1 atom stereocenters. The summed E-state index contributed by atoms with van der Waals surface area (Å²) in [6, 6.07) is 12.5. The highest BCUT2D eigenvalue weighted by Crippen LogP contribution is 2.27. The van der Waals surface area contributed by atoms with Gasteiger partial charge in [0.15, 0.2) is 4.90 Å². The summed E-state index contributed by atoms with van der Waals surface area (Å²) in [5.41, 5.74) is 1.50. The first kappa shape index (κ1) is 19.1. The number of nitro groups is 1. The van der Waals surface area contributed by atoms with Crippen molar-refractivity contribution in [2.75, 3.05) is 0 Å². The second kappa shape index (κ2) is 6.93. The number of rotatable bonds is 5. The third kappa shape index (κ3) is 4.43. The van der Waals surface area contributed by atoms with E-state index in [0.29, 0.717) is 0 Å². The molecule has 0 unspecified atom stereocenters. The molecule has 0 aromatic heterocycles. The van der Waals surface area contributed by atoms with Crippen LogP contribution in [0.4, 0.5) is 5.69 Å². The number of sulfonamides is 1. The number of para-hydroxylation sites is 1. The Bertz CT molecular complexity index is 869. The van der Waals surface area contributed by atoms with Gasteiger partial charge in [-0.15, -0.1) is 0 Å². The smallest absolute Gasteiger partial charge is 0.258 e. The SMILES string of the molecule is C[C@@H](NS(=O)(=O)c1ccccc1[N+](=O)[O-])c1ccc(C(C)(C)C)cc1. The molecule has 0 saturated carbocycles. The maximum absolute atomic E-state index is 12.6. The monoisotopic (exact) mass is 362 g/mol. The molecule has 2 rings (SSSR count). The lowest BCUT2D eigenvalue weighted by Gasteiger charge is -2.20. The van der Waals surface area contributed by atoms with E-state index in [-0.39, 0.29) is 10.3 Å². The number of hydrogen-bond donors (Lipinski definition) is 1. The molecule has 134 valence electrons. The van der Waals surface area contributed by atoms with Gasteiger partial charge in [-0.3, -0.25) is 10.1 Å². The Morgan fingerprint density at radius 3 is 2.12 bits per heavy atom. The van der Waals surface area contributed by atoms with Crippen LogP contribution >= 0.6 is 0 Å². The summed E-state index contributed by atoms with van der Waals surface area (Å²) >= 11 is 0. The molecule has 0 saturated heterocycles. The third-order valence-electron chi connectivity index (χ3n) is 3.96. The Balaban J connectivity index is 2.28. The lowest BCUT2D eigenvalue weighted by molar-refractivity contribution is -0.387. The fraction of sp³-hybridized carbons (Fsp3) is 0.333. The molecule has 0 aliphatic heterocycles. The Labute approximate surface area is 148 Å². The highest BCUT2D eigenvalue weighted by atomic mass is 32.2. The van der Waals surface area contributed by atoms with Crippen molar-refractivity contribution in [2.24, 2.45) is 0 Å². The maximum Gasteiger partial charge on any atom is 0.289 e. The molecule has 0 fully saturated rings. The first-order valence-corrected chi connectivity index (χ1v) is 9.37. The predicted octanol–water partition coefficient (Wildman–Crippen LogP) is 3.93. The quantitative estimate of drug-likeness (QED) is 0.644. The van der Waals surface area contributed by atoms with Crippen LogP contribution < -0.4 is 4.72 Å². The van der Waals surface area contributed by atoms with Crippen molar-refractivity contribution >= 4 is 15.7 Å². The molecule has 0 amide bonds. The van der Waals surface area contributed by atoms with Gasteiger partial charge < -0.3 is 0 Å². The van der Waals surface area contributed by atoms with E-state index in [9.17, 15) is 18.5 Å². The van der Waals surface area contributed by atoms with Gasteiger partial charge in [0, 0.05) is 12.1 Å². The zero-order valence-electron chi connectivity index (χ0n) is 14.7. The minimum atomic E-state index is -4.01. The zero-order valence-corrected chi connectivity index (χ0v) is 15.5. The average molecular weight is 362 g/mol. The summed E-state index contributed by atoms with van der Waals surface area (Å²) in [5.74, 6) is 0. The molecular weight excluding hydrogens is 340 g/mol. The van der Waals surface area contributed by atoms with Crippen LogP contribution in [-0.4, -0.2) is 13.3 Å². The van der Waals surface area contributed by atoms with E-state index in [2.05, 4.69) is 25.5 Å². The first-order valence-electron chi connectivity index (χ1n) is 7.88. The molecule has 0 spiro atoms. The maximum atomic E-state index is 12.6. The minimum Gasteiger partial charge on any atom is -0.258 e. The number of nitrogens with zero attached hydrogens (tertiary/aromatic N) is 1. The van der Waals surface area contributed by atoms with Crippen molar-refractivity contribution in [3.05, 3.63) is 69.8 Å². The third-order valence-corrected chi connectivity index (χ3v) is 5.55. The van der Waals surface area contributed by atoms with E-state index in [0.717, 1.165) is 11.1 Å². The highest BCUT2D eigenvalue weighted by molar-refractivity contribution is 7.89. The lowest BCUT2D eigenvalue weighted by atomic mass is 9.86. The molecule has 0 heterocycles. The molecule has 7 heteroatoms. The molecule has 25 heavy (non-hydrogen) atoms. The zero-order chi connectivity index (χ0) is 18.8.